The van der Waals surface area contributed by atoms with Crippen molar-refractivity contribution in [3.05, 3.63) is 50.1 Å². The molecule has 0 aliphatic heterocycles. The second-order valence-corrected chi connectivity index (χ2v) is 5.72. The molecule has 8 heteroatoms. The lowest BCUT2D eigenvalue weighted by atomic mass is 10.1. The topological polar surface area (TPSA) is 108 Å². The molecule has 0 aliphatic rings. The number of hydrogen-bond donors (Lipinski definition) is 1. The maximum absolute atomic E-state index is 12.5. The zero-order valence-corrected chi connectivity index (χ0v) is 12.4. The third-order valence-corrected chi connectivity index (χ3v) is 4.26. The highest BCUT2D eigenvalue weighted by molar-refractivity contribution is 7.18. The number of rotatable bonds is 1. The van der Waals surface area contributed by atoms with E-state index in [1.165, 1.54) is 0 Å². The van der Waals surface area contributed by atoms with Crippen molar-refractivity contribution in [3.8, 4) is 23.4 Å². The molecule has 106 valence electrons. The molecule has 0 saturated carbocycles. The van der Waals surface area contributed by atoms with Crippen molar-refractivity contribution in [3.63, 3.8) is 0 Å². The number of fused-ring (bicyclic) bond motifs is 1. The van der Waals surface area contributed by atoms with Crippen LogP contribution in [0.4, 0.5) is 5.82 Å². The lowest BCUT2D eigenvalue weighted by molar-refractivity contribution is 1.07. The minimum absolute atomic E-state index is 0.000781. The number of aromatic nitrogens is 2. The monoisotopic (exact) mass is 327 g/mol. The summed E-state index contributed by atoms with van der Waals surface area (Å²) in [6.45, 7) is 0. The summed E-state index contributed by atoms with van der Waals surface area (Å²) in [6.07, 6.45) is 0. The summed E-state index contributed by atoms with van der Waals surface area (Å²) in [5.74, 6) is -0.000781. The number of benzene rings is 1. The first kappa shape index (κ1) is 14.1. The van der Waals surface area contributed by atoms with Crippen molar-refractivity contribution >= 4 is 33.7 Å². The maximum Gasteiger partial charge on any atom is 0.278 e. The van der Waals surface area contributed by atoms with Gasteiger partial charge in [-0.3, -0.25) is 4.79 Å². The SMILES string of the molecule is N#Cc1sc2nc(-c3ccc(Cl)cc3)c(C#N)c(=O)n2c1N. The Morgan fingerprint density at radius 1 is 1.23 bits per heavy atom. The number of hydrogen-bond acceptors (Lipinski definition) is 6. The van der Waals surface area contributed by atoms with Gasteiger partial charge in [0.2, 0.25) is 0 Å². The summed E-state index contributed by atoms with van der Waals surface area (Å²) in [5.41, 5.74) is 5.88. The molecule has 3 rings (SSSR count). The number of anilines is 1. The van der Waals surface area contributed by atoms with E-state index in [1.807, 2.05) is 12.1 Å². The molecule has 0 bridgehead atoms. The average Bonchev–Trinajstić information content (AvgIpc) is 2.84. The van der Waals surface area contributed by atoms with E-state index in [1.54, 1.807) is 24.3 Å². The van der Waals surface area contributed by atoms with Crippen molar-refractivity contribution in [2.75, 3.05) is 5.73 Å². The van der Waals surface area contributed by atoms with Crippen molar-refractivity contribution in [2.45, 2.75) is 0 Å². The number of nitrogens with zero attached hydrogens (tertiary/aromatic N) is 4. The summed E-state index contributed by atoms with van der Waals surface area (Å²) in [7, 11) is 0. The van der Waals surface area contributed by atoms with Gasteiger partial charge < -0.3 is 5.73 Å². The lowest BCUT2D eigenvalue weighted by Crippen LogP contribution is -2.20. The number of halogens is 1. The molecule has 2 aromatic heterocycles. The van der Waals surface area contributed by atoms with Crippen LogP contribution in [0.5, 0.6) is 0 Å². The van der Waals surface area contributed by atoms with Gasteiger partial charge in [0, 0.05) is 10.6 Å². The van der Waals surface area contributed by atoms with Gasteiger partial charge in [-0.15, -0.1) is 0 Å². The Morgan fingerprint density at radius 2 is 1.91 bits per heavy atom. The Labute approximate surface area is 133 Å². The van der Waals surface area contributed by atoms with Crippen LogP contribution in [-0.4, -0.2) is 9.38 Å². The molecule has 0 radical (unpaired) electrons. The van der Waals surface area contributed by atoms with E-state index in [2.05, 4.69) is 4.98 Å². The van der Waals surface area contributed by atoms with E-state index in [-0.39, 0.29) is 26.9 Å². The van der Waals surface area contributed by atoms with Crippen LogP contribution >= 0.6 is 22.9 Å². The summed E-state index contributed by atoms with van der Waals surface area (Å²) in [4.78, 5) is 17.2. The predicted molar refractivity (Wildman–Crippen MR) is 83.6 cm³/mol. The zero-order chi connectivity index (χ0) is 15.9. The fourth-order valence-electron chi connectivity index (χ4n) is 2.03. The summed E-state index contributed by atoms with van der Waals surface area (Å²) < 4.78 is 1.08. The number of nitriles is 2. The van der Waals surface area contributed by atoms with Crippen LogP contribution in [-0.2, 0) is 0 Å². The van der Waals surface area contributed by atoms with Crippen molar-refractivity contribution in [2.24, 2.45) is 0 Å². The number of thiazole rings is 1. The second kappa shape index (κ2) is 5.15. The van der Waals surface area contributed by atoms with Gasteiger partial charge in [-0.2, -0.15) is 10.5 Å². The number of nitrogen functional groups attached to an aromatic ring is 1. The van der Waals surface area contributed by atoms with E-state index in [4.69, 9.17) is 22.6 Å². The summed E-state index contributed by atoms with van der Waals surface area (Å²) in [5, 5.41) is 18.8. The minimum atomic E-state index is -0.590. The quantitative estimate of drug-likeness (QED) is 0.738. The van der Waals surface area contributed by atoms with Gasteiger partial charge in [0.05, 0.1) is 5.69 Å². The highest BCUT2D eigenvalue weighted by atomic mass is 35.5. The largest absolute Gasteiger partial charge is 0.383 e. The fourth-order valence-corrected chi connectivity index (χ4v) is 2.98. The van der Waals surface area contributed by atoms with E-state index in [0.717, 1.165) is 15.7 Å². The van der Waals surface area contributed by atoms with Gasteiger partial charge >= 0.3 is 0 Å². The first-order valence-electron chi connectivity index (χ1n) is 5.98. The molecular weight excluding hydrogens is 322 g/mol. The molecule has 0 aliphatic carbocycles. The van der Waals surface area contributed by atoms with E-state index >= 15 is 0 Å². The minimum Gasteiger partial charge on any atom is -0.383 e. The molecule has 6 nitrogen and oxygen atoms in total. The molecule has 0 fully saturated rings. The van der Waals surface area contributed by atoms with E-state index in [9.17, 15) is 10.1 Å². The highest BCUT2D eigenvalue weighted by Crippen LogP contribution is 2.27. The number of nitrogens with two attached hydrogens (primary N) is 1. The van der Waals surface area contributed by atoms with Crippen LogP contribution < -0.4 is 11.3 Å². The van der Waals surface area contributed by atoms with E-state index < -0.39 is 5.56 Å². The summed E-state index contributed by atoms with van der Waals surface area (Å²) >= 11 is 6.84. The summed E-state index contributed by atoms with van der Waals surface area (Å²) in [6, 6.07) is 10.4. The Kier molecular flexibility index (Phi) is 3.30. The van der Waals surface area contributed by atoms with Gasteiger partial charge in [-0.1, -0.05) is 35.1 Å². The van der Waals surface area contributed by atoms with E-state index in [0.29, 0.717) is 10.6 Å². The first-order valence-corrected chi connectivity index (χ1v) is 7.17. The molecule has 2 heterocycles. The molecule has 0 saturated heterocycles. The first-order chi connectivity index (χ1) is 10.6. The standard InChI is InChI=1S/C14H6ClN5OS/c15-8-3-1-7(2-4-8)11-9(5-16)13(21)20-12(18)10(6-17)22-14(20)19-11/h1-4H,18H2. The van der Waals surface area contributed by atoms with Crippen LogP contribution in [0.3, 0.4) is 0 Å². The van der Waals surface area contributed by atoms with Gasteiger partial charge in [-0.25, -0.2) is 9.38 Å². The van der Waals surface area contributed by atoms with Gasteiger partial charge in [0.1, 0.15) is 28.4 Å². The normalized spacial score (nSPS) is 10.3. The Hall–Kier alpha value is -2.87. The molecule has 22 heavy (non-hydrogen) atoms. The lowest BCUT2D eigenvalue weighted by Gasteiger charge is -2.04. The third-order valence-electron chi connectivity index (χ3n) is 3.05. The maximum atomic E-state index is 12.5. The van der Waals surface area contributed by atoms with Crippen molar-refractivity contribution in [1.82, 2.24) is 9.38 Å². The Morgan fingerprint density at radius 3 is 2.50 bits per heavy atom. The molecule has 0 unspecified atom stereocenters. The average molecular weight is 328 g/mol. The van der Waals surface area contributed by atoms with Crippen LogP contribution in [0.15, 0.2) is 29.1 Å². The molecule has 0 atom stereocenters. The van der Waals surface area contributed by atoms with Gasteiger partial charge in [0.15, 0.2) is 4.96 Å². The second-order valence-electron chi connectivity index (χ2n) is 4.31. The van der Waals surface area contributed by atoms with Crippen LogP contribution in [0.2, 0.25) is 5.02 Å². The van der Waals surface area contributed by atoms with Gasteiger partial charge in [0.25, 0.3) is 5.56 Å². The Bertz CT molecular complexity index is 1040. The van der Waals surface area contributed by atoms with Crippen molar-refractivity contribution < 1.29 is 0 Å². The molecule has 0 spiro atoms. The predicted octanol–water partition coefficient (Wildman–Crippen LogP) is 2.40. The molecule has 0 amide bonds. The molecule has 3 aromatic rings. The van der Waals surface area contributed by atoms with Crippen LogP contribution in [0.25, 0.3) is 16.2 Å². The Balaban J connectivity index is 2.42. The molecular formula is C14H6ClN5OS. The fraction of sp³-hybridized carbons (Fsp3) is 0. The van der Waals surface area contributed by atoms with Crippen molar-refractivity contribution in [1.29, 1.82) is 10.5 Å². The smallest absolute Gasteiger partial charge is 0.278 e. The van der Waals surface area contributed by atoms with Crippen LogP contribution in [0, 0.1) is 22.7 Å². The molecule has 2 N–H and O–H groups in total. The third kappa shape index (κ3) is 2.01. The molecule has 1 aromatic carbocycles. The zero-order valence-electron chi connectivity index (χ0n) is 10.9. The van der Waals surface area contributed by atoms with Crippen LogP contribution in [0.1, 0.15) is 10.4 Å². The highest BCUT2D eigenvalue weighted by Gasteiger charge is 2.19. The van der Waals surface area contributed by atoms with Gasteiger partial charge in [-0.05, 0) is 12.1 Å².